The smallest absolute Gasteiger partial charge is 0.264 e. The lowest BCUT2D eigenvalue weighted by atomic mass is 10.1. The average molecular weight is 383 g/mol. The third-order valence-corrected chi connectivity index (χ3v) is 4.90. The standard InChI is InChI=1S/C18H17N5O3S/c1-13-3-2-4-14(11-13)5-10-17(24)21-15-6-8-16(9-7-15)27(25,26)23-18-19-12-20-22-18/h2-12H,1H3,(H,21,24)(H2,19,20,22,23)/b10-5+. The second-order valence-corrected chi connectivity index (χ2v) is 7.38. The number of hydrogen-bond acceptors (Lipinski definition) is 5. The second kappa shape index (κ2) is 7.83. The van der Waals surface area contributed by atoms with E-state index >= 15 is 0 Å². The Bertz CT molecular complexity index is 1060. The highest BCUT2D eigenvalue weighted by Gasteiger charge is 2.15. The van der Waals surface area contributed by atoms with Gasteiger partial charge in [-0.1, -0.05) is 29.8 Å². The molecule has 0 unspecified atom stereocenters. The summed E-state index contributed by atoms with van der Waals surface area (Å²) in [4.78, 5) is 15.8. The zero-order valence-corrected chi connectivity index (χ0v) is 15.2. The van der Waals surface area contributed by atoms with Crippen LogP contribution in [0.25, 0.3) is 6.08 Å². The highest BCUT2D eigenvalue weighted by molar-refractivity contribution is 7.92. The van der Waals surface area contributed by atoms with Crippen LogP contribution in [0.15, 0.2) is 65.8 Å². The zero-order valence-electron chi connectivity index (χ0n) is 14.4. The van der Waals surface area contributed by atoms with Gasteiger partial charge in [0.2, 0.25) is 11.9 Å². The number of aryl methyl sites for hydroxylation is 1. The van der Waals surface area contributed by atoms with Crippen molar-refractivity contribution in [1.82, 2.24) is 15.2 Å². The number of carbonyl (C=O) groups excluding carboxylic acids is 1. The number of hydrogen-bond donors (Lipinski definition) is 3. The van der Waals surface area contributed by atoms with Gasteiger partial charge in [0.15, 0.2) is 0 Å². The third-order valence-electron chi connectivity index (χ3n) is 3.55. The van der Waals surface area contributed by atoms with Gasteiger partial charge in [0.25, 0.3) is 10.0 Å². The molecule has 1 aromatic heterocycles. The molecule has 0 spiro atoms. The topological polar surface area (TPSA) is 117 Å². The molecule has 0 saturated carbocycles. The third kappa shape index (κ3) is 5.02. The summed E-state index contributed by atoms with van der Waals surface area (Å²) in [6.07, 6.45) is 4.33. The van der Waals surface area contributed by atoms with Crippen molar-refractivity contribution in [2.45, 2.75) is 11.8 Å². The number of benzene rings is 2. The minimum Gasteiger partial charge on any atom is -0.323 e. The molecule has 0 aliphatic carbocycles. The first-order valence-electron chi connectivity index (χ1n) is 7.96. The van der Waals surface area contributed by atoms with E-state index in [0.717, 1.165) is 11.1 Å². The van der Waals surface area contributed by atoms with Crippen molar-refractivity contribution < 1.29 is 13.2 Å². The maximum absolute atomic E-state index is 12.2. The lowest BCUT2D eigenvalue weighted by Gasteiger charge is -2.07. The van der Waals surface area contributed by atoms with Gasteiger partial charge in [-0.15, -0.1) is 0 Å². The van der Waals surface area contributed by atoms with E-state index in [1.807, 2.05) is 31.2 Å². The molecule has 0 fully saturated rings. The Hall–Kier alpha value is -3.46. The number of aromatic amines is 1. The molecule has 1 heterocycles. The van der Waals surface area contributed by atoms with Gasteiger partial charge in [-0.25, -0.2) is 18.2 Å². The van der Waals surface area contributed by atoms with Crippen LogP contribution in [-0.4, -0.2) is 29.5 Å². The van der Waals surface area contributed by atoms with Crippen molar-refractivity contribution in [2.24, 2.45) is 0 Å². The van der Waals surface area contributed by atoms with E-state index in [1.165, 1.54) is 36.7 Å². The predicted molar refractivity (Wildman–Crippen MR) is 102 cm³/mol. The molecule has 0 bridgehead atoms. The first-order valence-corrected chi connectivity index (χ1v) is 9.45. The number of nitrogens with zero attached hydrogens (tertiary/aromatic N) is 2. The summed E-state index contributed by atoms with van der Waals surface area (Å²) in [5, 5.41) is 8.67. The number of aromatic nitrogens is 3. The van der Waals surface area contributed by atoms with Gasteiger partial charge >= 0.3 is 0 Å². The van der Waals surface area contributed by atoms with Gasteiger partial charge in [0, 0.05) is 11.8 Å². The fraction of sp³-hybridized carbons (Fsp3) is 0.0556. The first-order chi connectivity index (χ1) is 12.9. The summed E-state index contributed by atoms with van der Waals surface area (Å²) in [5.74, 6) is -0.291. The molecule has 3 N–H and O–H groups in total. The molecule has 8 nitrogen and oxygen atoms in total. The predicted octanol–water partition coefficient (Wildman–Crippen LogP) is 2.57. The maximum Gasteiger partial charge on any atom is 0.264 e. The molecule has 3 aromatic rings. The monoisotopic (exact) mass is 383 g/mol. The minimum atomic E-state index is -3.79. The van der Waals surface area contributed by atoms with Crippen molar-refractivity contribution in [3.05, 3.63) is 72.1 Å². The number of rotatable bonds is 6. The molecule has 138 valence electrons. The van der Waals surface area contributed by atoms with E-state index in [9.17, 15) is 13.2 Å². The van der Waals surface area contributed by atoms with Crippen LogP contribution in [0.5, 0.6) is 0 Å². The number of anilines is 2. The van der Waals surface area contributed by atoms with Crippen molar-refractivity contribution in [3.8, 4) is 0 Å². The van der Waals surface area contributed by atoms with E-state index in [4.69, 9.17) is 0 Å². The molecule has 0 aliphatic heterocycles. The molecular weight excluding hydrogens is 366 g/mol. The average Bonchev–Trinajstić information content (AvgIpc) is 3.13. The van der Waals surface area contributed by atoms with Crippen LogP contribution < -0.4 is 10.0 Å². The first kappa shape index (κ1) is 18.3. The summed E-state index contributed by atoms with van der Waals surface area (Å²) in [6.45, 7) is 1.98. The molecular formula is C18H17N5O3S. The normalized spacial score (nSPS) is 11.4. The Labute approximate surface area is 156 Å². The van der Waals surface area contributed by atoms with E-state index in [0.29, 0.717) is 5.69 Å². The Morgan fingerprint density at radius 2 is 1.93 bits per heavy atom. The van der Waals surface area contributed by atoms with Gasteiger partial charge in [-0.2, -0.15) is 10.1 Å². The quantitative estimate of drug-likeness (QED) is 0.566. The van der Waals surface area contributed by atoms with Crippen LogP contribution in [0, 0.1) is 6.92 Å². The second-order valence-electron chi connectivity index (χ2n) is 5.70. The van der Waals surface area contributed by atoms with Crippen molar-refractivity contribution in [3.63, 3.8) is 0 Å². The van der Waals surface area contributed by atoms with E-state index in [2.05, 4.69) is 25.2 Å². The van der Waals surface area contributed by atoms with Crippen LogP contribution in [0.3, 0.4) is 0 Å². The van der Waals surface area contributed by atoms with Gasteiger partial charge in [-0.3, -0.25) is 4.79 Å². The molecule has 0 saturated heterocycles. The highest BCUT2D eigenvalue weighted by Crippen LogP contribution is 2.16. The molecule has 0 radical (unpaired) electrons. The lowest BCUT2D eigenvalue weighted by Crippen LogP contribution is -2.14. The summed E-state index contributed by atoms with van der Waals surface area (Å²) in [7, 11) is -3.79. The van der Waals surface area contributed by atoms with Crippen molar-refractivity contribution >= 4 is 33.6 Å². The number of carbonyl (C=O) groups is 1. The Morgan fingerprint density at radius 1 is 1.15 bits per heavy atom. The Kier molecular flexibility index (Phi) is 5.32. The maximum atomic E-state index is 12.2. The summed E-state index contributed by atoms with van der Waals surface area (Å²) in [6, 6.07) is 13.5. The van der Waals surface area contributed by atoms with E-state index in [-0.39, 0.29) is 16.8 Å². The molecule has 3 rings (SSSR count). The van der Waals surface area contributed by atoms with Gasteiger partial charge in [0.05, 0.1) is 4.90 Å². The van der Waals surface area contributed by atoms with Gasteiger partial charge < -0.3 is 5.32 Å². The molecule has 2 aromatic carbocycles. The molecule has 27 heavy (non-hydrogen) atoms. The van der Waals surface area contributed by atoms with Crippen molar-refractivity contribution in [2.75, 3.05) is 10.0 Å². The summed E-state index contributed by atoms with van der Waals surface area (Å²) < 4.78 is 26.7. The lowest BCUT2D eigenvalue weighted by molar-refractivity contribution is -0.111. The van der Waals surface area contributed by atoms with Crippen molar-refractivity contribution in [1.29, 1.82) is 0 Å². The van der Waals surface area contributed by atoms with Crippen LogP contribution in [0.2, 0.25) is 0 Å². The molecule has 0 aliphatic rings. The van der Waals surface area contributed by atoms with Crippen LogP contribution >= 0.6 is 0 Å². The van der Waals surface area contributed by atoms with E-state index < -0.39 is 10.0 Å². The number of H-pyrrole nitrogens is 1. The number of nitrogens with one attached hydrogen (secondary N) is 3. The summed E-state index contributed by atoms with van der Waals surface area (Å²) in [5.41, 5.74) is 2.51. The van der Waals surface area contributed by atoms with Crippen LogP contribution in [0.4, 0.5) is 11.6 Å². The van der Waals surface area contributed by atoms with Crippen LogP contribution in [0.1, 0.15) is 11.1 Å². The fourth-order valence-electron chi connectivity index (χ4n) is 2.29. The fourth-order valence-corrected chi connectivity index (χ4v) is 3.25. The highest BCUT2D eigenvalue weighted by atomic mass is 32.2. The SMILES string of the molecule is Cc1cccc(/C=C/C(=O)Nc2ccc(S(=O)(=O)Nc3ncn[nH]3)cc2)c1. The zero-order chi connectivity index (χ0) is 19.3. The number of amides is 1. The van der Waals surface area contributed by atoms with Gasteiger partial charge in [0.1, 0.15) is 6.33 Å². The minimum absolute atomic E-state index is 0.0219. The van der Waals surface area contributed by atoms with E-state index in [1.54, 1.807) is 6.08 Å². The summed E-state index contributed by atoms with van der Waals surface area (Å²) >= 11 is 0. The van der Waals surface area contributed by atoms with Gasteiger partial charge in [-0.05, 0) is 42.8 Å². The molecule has 0 atom stereocenters. The number of sulfonamides is 1. The Balaban J connectivity index is 1.64. The molecule has 9 heteroatoms. The largest absolute Gasteiger partial charge is 0.323 e. The Morgan fingerprint density at radius 3 is 2.59 bits per heavy atom. The van der Waals surface area contributed by atoms with Crippen LogP contribution in [-0.2, 0) is 14.8 Å². The molecule has 1 amide bonds.